The Kier molecular flexibility index (Phi) is 14.2. The van der Waals surface area contributed by atoms with E-state index >= 15 is 0 Å². The van der Waals surface area contributed by atoms with Crippen LogP contribution in [0.3, 0.4) is 0 Å². The maximum absolute atomic E-state index is 12.6. The third kappa shape index (κ3) is 12.4. The Morgan fingerprint density at radius 3 is 2.46 bits per heavy atom. The van der Waals surface area contributed by atoms with Crippen LogP contribution in [0.15, 0.2) is 18.2 Å². The van der Waals surface area contributed by atoms with Gasteiger partial charge in [-0.15, -0.1) is 0 Å². The number of carbonyl (C=O) groups is 1. The lowest BCUT2D eigenvalue weighted by molar-refractivity contribution is -0.127. The van der Waals surface area contributed by atoms with Gasteiger partial charge in [-0.3, -0.25) is 4.79 Å². The maximum atomic E-state index is 12.6. The van der Waals surface area contributed by atoms with Gasteiger partial charge >= 0.3 is 0 Å². The number of nitrogens with two attached hydrogens (primary N) is 1. The van der Waals surface area contributed by atoms with Crippen molar-refractivity contribution in [3.63, 3.8) is 0 Å². The van der Waals surface area contributed by atoms with Gasteiger partial charge in [0.15, 0.2) is 0 Å². The first-order valence-corrected chi connectivity index (χ1v) is 13.1. The molecule has 0 saturated carbocycles. The molecule has 0 aliphatic carbocycles. The topological polar surface area (TPSA) is 106 Å². The number of hydrogen-bond acceptors (Lipinski definition) is 6. The lowest BCUT2D eigenvalue weighted by atomic mass is 9.87. The molecular formula is C27H48ClN3O4. The molecule has 1 amide bonds. The molecule has 0 heterocycles. The van der Waals surface area contributed by atoms with Crippen LogP contribution in [-0.2, 0) is 16.0 Å². The van der Waals surface area contributed by atoms with Gasteiger partial charge in [0.05, 0.1) is 17.7 Å². The molecule has 1 rings (SSSR count). The molecule has 1 aromatic carbocycles. The predicted octanol–water partition coefficient (Wildman–Crippen LogP) is 3.79. The van der Waals surface area contributed by atoms with Gasteiger partial charge < -0.3 is 30.9 Å². The highest BCUT2D eigenvalue weighted by atomic mass is 35.5. The second-order valence-corrected chi connectivity index (χ2v) is 11.3. The minimum atomic E-state index is -0.780. The summed E-state index contributed by atoms with van der Waals surface area (Å²) in [6.45, 7) is 14.5. The number of rotatable bonds is 17. The van der Waals surface area contributed by atoms with Gasteiger partial charge in [0.25, 0.3) is 0 Å². The summed E-state index contributed by atoms with van der Waals surface area (Å²) in [5, 5.41) is 17.8. The molecule has 35 heavy (non-hydrogen) atoms. The number of amides is 1. The molecule has 0 fully saturated rings. The third-order valence-corrected chi connectivity index (χ3v) is 6.34. The number of methoxy groups -OCH3 is 1. The van der Waals surface area contributed by atoms with Gasteiger partial charge in [-0.1, -0.05) is 45.4 Å². The van der Waals surface area contributed by atoms with Crippen molar-refractivity contribution in [1.29, 1.82) is 0 Å². The van der Waals surface area contributed by atoms with Crippen LogP contribution < -0.4 is 21.1 Å². The number of aliphatic hydroxyl groups is 1. The van der Waals surface area contributed by atoms with E-state index in [-0.39, 0.29) is 23.3 Å². The number of hydrogen-bond donors (Lipinski definition) is 4. The maximum Gasteiger partial charge on any atom is 0.223 e. The highest BCUT2D eigenvalue weighted by Gasteiger charge is 2.29. The van der Waals surface area contributed by atoms with E-state index in [4.69, 9.17) is 26.8 Å². The average Bonchev–Trinajstić information content (AvgIpc) is 2.78. The van der Waals surface area contributed by atoms with Crippen molar-refractivity contribution in [2.75, 3.05) is 33.4 Å². The van der Waals surface area contributed by atoms with Crippen LogP contribution in [0.5, 0.6) is 5.75 Å². The lowest BCUT2D eigenvalue weighted by Gasteiger charge is -2.31. The fourth-order valence-electron chi connectivity index (χ4n) is 3.81. The van der Waals surface area contributed by atoms with E-state index in [1.807, 2.05) is 32.0 Å². The van der Waals surface area contributed by atoms with Gasteiger partial charge in [0.1, 0.15) is 5.75 Å². The highest BCUT2D eigenvalue weighted by Crippen LogP contribution is 2.27. The molecule has 0 spiro atoms. The molecule has 3 atom stereocenters. The summed E-state index contributed by atoms with van der Waals surface area (Å²) in [7, 11) is 1.67. The van der Waals surface area contributed by atoms with Crippen LogP contribution in [0.2, 0.25) is 5.02 Å². The van der Waals surface area contributed by atoms with Crippen molar-refractivity contribution in [2.24, 2.45) is 23.5 Å². The summed E-state index contributed by atoms with van der Waals surface area (Å²) < 4.78 is 10.9. The summed E-state index contributed by atoms with van der Waals surface area (Å²) in [5.41, 5.74) is 7.13. The molecule has 0 aromatic heterocycles. The molecule has 202 valence electrons. The molecule has 0 aliphatic rings. The minimum Gasteiger partial charge on any atom is -0.492 e. The number of aliphatic hydroxyl groups excluding tert-OH is 1. The van der Waals surface area contributed by atoms with Gasteiger partial charge in [-0.2, -0.15) is 0 Å². The van der Waals surface area contributed by atoms with E-state index in [1.54, 1.807) is 7.11 Å². The first kappa shape index (κ1) is 31.6. The summed E-state index contributed by atoms with van der Waals surface area (Å²) in [6.07, 6.45) is 1.08. The predicted molar refractivity (Wildman–Crippen MR) is 144 cm³/mol. The van der Waals surface area contributed by atoms with Crippen LogP contribution in [0, 0.1) is 17.8 Å². The average molecular weight is 514 g/mol. The molecule has 0 saturated heterocycles. The Hall–Kier alpha value is -1.38. The number of halogens is 1. The first-order valence-electron chi connectivity index (χ1n) is 12.7. The zero-order valence-corrected chi connectivity index (χ0v) is 23.5. The molecule has 0 aliphatic heterocycles. The molecule has 1 aromatic rings. The van der Waals surface area contributed by atoms with Crippen LogP contribution in [0.25, 0.3) is 0 Å². The van der Waals surface area contributed by atoms with Crippen molar-refractivity contribution in [1.82, 2.24) is 10.6 Å². The SMILES string of the molecule is COCCCOc1cc(CC(C)(C)NC[C@H](N)[C@@H](O)C[C@H](C(=O)NCC(C)C)C(C)C)ccc1Cl. The van der Waals surface area contributed by atoms with Gasteiger partial charge in [-0.05, 0) is 56.2 Å². The standard InChI is InChI=1S/C27H48ClN3O4/c1-18(2)16-30-26(33)21(19(3)4)14-24(32)23(29)17-31-27(5,6)15-20-9-10-22(28)25(13-20)35-12-8-11-34-7/h9-10,13,18-19,21,23-24,31-32H,8,11-12,14-17,29H2,1-7H3,(H,30,33)/t21-,23-,24-/m0/s1. The number of ether oxygens (including phenoxy) is 2. The van der Waals surface area contributed by atoms with E-state index in [2.05, 4.69) is 38.3 Å². The van der Waals surface area contributed by atoms with Crippen molar-refractivity contribution >= 4 is 17.5 Å². The minimum absolute atomic E-state index is 0.0174. The van der Waals surface area contributed by atoms with E-state index in [0.29, 0.717) is 49.4 Å². The summed E-state index contributed by atoms with van der Waals surface area (Å²) in [6, 6.07) is 5.32. The molecule has 7 nitrogen and oxygen atoms in total. The Balaban J connectivity index is 2.64. The Labute approximate surface area is 217 Å². The normalized spacial score (nSPS) is 14.7. The summed E-state index contributed by atoms with van der Waals surface area (Å²) >= 11 is 6.29. The van der Waals surface area contributed by atoms with E-state index < -0.39 is 12.1 Å². The van der Waals surface area contributed by atoms with Crippen molar-refractivity contribution in [2.45, 2.75) is 78.5 Å². The summed E-state index contributed by atoms with van der Waals surface area (Å²) in [4.78, 5) is 12.6. The van der Waals surface area contributed by atoms with Crippen molar-refractivity contribution < 1.29 is 19.4 Å². The van der Waals surface area contributed by atoms with Crippen LogP contribution >= 0.6 is 11.6 Å². The highest BCUT2D eigenvalue weighted by molar-refractivity contribution is 6.32. The number of nitrogens with one attached hydrogen (secondary N) is 2. The van der Waals surface area contributed by atoms with E-state index in [9.17, 15) is 9.90 Å². The Morgan fingerprint density at radius 1 is 1.17 bits per heavy atom. The second-order valence-electron chi connectivity index (χ2n) is 10.9. The molecule has 0 radical (unpaired) electrons. The summed E-state index contributed by atoms with van der Waals surface area (Å²) in [5.74, 6) is 0.864. The van der Waals surface area contributed by atoms with Crippen LogP contribution in [0.1, 0.15) is 59.9 Å². The Bertz CT molecular complexity index is 758. The van der Waals surface area contributed by atoms with Gasteiger partial charge in [0.2, 0.25) is 5.91 Å². The van der Waals surface area contributed by atoms with Crippen molar-refractivity contribution in [3.05, 3.63) is 28.8 Å². The monoisotopic (exact) mass is 513 g/mol. The molecule has 0 bridgehead atoms. The van der Waals surface area contributed by atoms with E-state index in [0.717, 1.165) is 18.4 Å². The number of carbonyl (C=O) groups excluding carboxylic acids is 1. The van der Waals surface area contributed by atoms with Gasteiger partial charge in [-0.25, -0.2) is 0 Å². The van der Waals surface area contributed by atoms with Gasteiger partial charge in [0, 0.05) is 50.7 Å². The fraction of sp³-hybridized carbons (Fsp3) is 0.741. The number of benzene rings is 1. The molecule has 8 heteroatoms. The van der Waals surface area contributed by atoms with E-state index in [1.165, 1.54) is 0 Å². The zero-order chi connectivity index (χ0) is 26.6. The first-order chi connectivity index (χ1) is 16.4. The Morgan fingerprint density at radius 2 is 1.86 bits per heavy atom. The fourth-order valence-corrected chi connectivity index (χ4v) is 3.98. The lowest BCUT2D eigenvalue weighted by Crippen LogP contribution is -2.51. The third-order valence-electron chi connectivity index (χ3n) is 6.02. The quantitative estimate of drug-likeness (QED) is 0.236. The molecule has 5 N–H and O–H groups in total. The van der Waals surface area contributed by atoms with Crippen molar-refractivity contribution in [3.8, 4) is 5.75 Å². The van der Waals surface area contributed by atoms with Crippen LogP contribution in [-0.4, -0.2) is 62.1 Å². The second kappa shape index (κ2) is 15.7. The largest absolute Gasteiger partial charge is 0.492 e. The molecular weight excluding hydrogens is 466 g/mol. The zero-order valence-electron chi connectivity index (χ0n) is 22.7. The smallest absolute Gasteiger partial charge is 0.223 e. The van der Waals surface area contributed by atoms with Crippen LogP contribution in [0.4, 0.5) is 0 Å². The molecule has 0 unspecified atom stereocenters.